The Morgan fingerprint density at radius 3 is 2.65 bits per heavy atom. The number of hydrogen-bond donors (Lipinski definition) is 1. The van der Waals surface area contributed by atoms with E-state index < -0.39 is 0 Å². The second-order valence-electron chi connectivity index (χ2n) is 5.08. The minimum atomic E-state index is -0.185. The average molecular weight is 274 g/mol. The molecule has 6 nitrogen and oxygen atoms in total. The van der Waals surface area contributed by atoms with Gasteiger partial charge < -0.3 is 9.32 Å². The maximum absolute atomic E-state index is 12.1. The first-order valence-corrected chi connectivity index (χ1v) is 7.06. The molecular formula is C14H18N4O2. The average Bonchev–Trinajstić information content (AvgIpc) is 2.81. The highest BCUT2D eigenvalue weighted by Crippen LogP contribution is 2.14. The maximum Gasteiger partial charge on any atom is 0.274 e. The fraction of sp³-hybridized carbons (Fsp3) is 0.500. The summed E-state index contributed by atoms with van der Waals surface area (Å²) in [5, 5.41) is 8.23. The highest BCUT2D eigenvalue weighted by molar-refractivity contribution is 5.28. The number of anilines is 1. The van der Waals surface area contributed by atoms with Crippen molar-refractivity contribution in [1.29, 1.82) is 0 Å². The number of aromatic amines is 1. The van der Waals surface area contributed by atoms with Crippen LogP contribution in [0.1, 0.15) is 37.1 Å². The van der Waals surface area contributed by atoms with E-state index in [2.05, 4.69) is 20.1 Å². The molecule has 0 radical (unpaired) electrons. The number of hydrogen-bond acceptors (Lipinski definition) is 5. The predicted octanol–water partition coefficient (Wildman–Crippen LogP) is 1.73. The van der Waals surface area contributed by atoms with Gasteiger partial charge in [-0.15, -0.1) is 10.2 Å². The summed E-state index contributed by atoms with van der Waals surface area (Å²) in [5.74, 6) is 1.30. The Labute approximate surface area is 116 Å². The molecule has 0 aliphatic carbocycles. The second-order valence-corrected chi connectivity index (χ2v) is 5.08. The number of rotatable bonds is 3. The monoisotopic (exact) mass is 274 g/mol. The van der Waals surface area contributed by atoms with Crippen LogP contribution in [0.3, 0.4) is 0 Å². The van der Waals surface area contributed by atoms with E-state index in [4.69, 9.17) is 4.42 Å². The minimum absolute atomic E-state index is 0.185. The summed E-state index contributed by atoms with van der Waals surface area (Å²) in [7, 11) is 0. The molecule has 1 fully saturated rings. The molecule has 0 spiro atoms. The molecule has 1 aliphatic rings. The van der Waals surface area contributed by atoms with E-state index in [0.717, 1.165) is 25.9 Å². The van der Waals surface area contributed by atoms with Crippen LogP contribution in [-0.2, 0) is 6.42 Å². The highest BCUT2D eigenvalue weighted by Gasteiger charge is 2.14. The molecule has 0 saturated carbocycles. The van der Waals surface area contributed by atoms with Crippen LogP contribution in [0.25, 0.3) is 0 Å². The lowest BCUT2D eigenvalue weighted by molar-refractivity contribution is 0.517. The van der Waals surface area contributed by atoms with E-state index in [-0.39, 0.29) is 5.56 Å². The van der Waals surface area contributed by atoms with E-state index in [1.165, 1.54) is 12.8 Å². The van der Waals surface area contributed by atoms with Crippen molar-refractivity contribution < 1.29 is 4.42 Å². The van der Waals surface area contributed by atoms with Crippen LogP contribution in [0.4, 0.5) is 5.95 Å². The SMILES string of the molecule is O=c1[nH]c(N2CCCCCC2)nnc1Cc1ccco1. The van der Waals surface area contributed by atoms with Gasteiger partial charge in [-0.05, 0) is 25.0 Å². The quantitative estimate of drug-likeness (QED) is 0.922. The zero-order valence-corrected chi connectivity index (χ0v) is 11.3. The summed E-state index contributed by atoms with van der Waals surface area (Å²) in [6, 6.07) is 3.62. The fourth-order valence-electron chi connectivity index (χ4n) is 2.47. The van der Waals surface area contributed by atoms with Crippen LogP contribution in [-0.4, -0.2) is 28.3 Å². The van der Waals surface area contributed by atoms with Crippen molar-refractivity contribution in [1.82, 2.24) is 15.2 Å². The zero-order valence-electron chi connectivity index (χ0n) is 11.3. The molecule has 106 valence electrons. The number of nitrogens with one attached hydrogen (secondary N) is 1. The fourth-order valence-corrected chi connectivity index (χ4v) is 2.47. The van der Waals surface area contributed by atoms with Crippen LogP contribution >= 0.6 is 0 Å². The van der Waals surface area contributed by atoms with Crippen molar-refractivity contribution in [2.75, 3.05) is 18.0 Å². The molecule has 1 saturated heterocycles. The van der Waals surface area contributed by atoms with E-state index in [1.807, 2.05) is 6.07 Å². The lowest BCUT2D eigenvalue weighted by Gasteiger charge is -2.19. The van der Waals surface area contributed by atoms with E-state index in [1.54, 1.807) is 12.3 Å². The molecule has 2 aromatic heterocycles. The highest BCUT2D eigenvalue weighted by atomic mass is 16.3. The Balaban J connectivity index is 1.78. The first kappa shape index (κ1) is 12.9. The van der Waals surface area contributed by atoms with Crippen molar-refractivity contribution in [3.63, 3.8) is 0 Å². The van der Waals surface area contributed by atoms with E-state index in [9.17, 15) is 4.79 Å². The van der Waals surface area contributed by atoms with Gasteiger partial charge in [0, 0.05) is 13.1 Å². The van der Waals surface area contributed by atoms with Gasteiger partial charge in [-0.3, -0.25) is 9.78 Å². The first-order valence-electron chi connectivity index (χ1n) is 7.06. The van der Waals surface area contributed by atoms with Crippen molar-refractivity contribution in [2.45, 2.75) is 32.1 Å². The lowest BCUT2D eigenvalue weighted by atomic mass is 10.2. The zero-order chi connectivity index (χ0) is 13.8. The molecule has 3 rings (SSSR count). The molecule has 0 bridgehead atoms. The van der Waals surface area contributed by atoms with Gasteiger partial charge in [0.05, 0.1) is 12.7 Å². The molecule has 1 N–H and O–H groups in total. The van der Waals surface area contributed by atoms with E-state index >= 15 is 0 Å². The third-order valence-corrected chi connectivity index (χ3v) is 3.58. The smallest absolute Gasteiger partial charge is 0.274 e. The van der Waals surface area contributed by atoms with Crippen LogP contribution in [0.2, 0.25) is 0 Å². The molecule has 1 aliphatic heterocycles. The summed E-state index contributed by atoms with van der Waals surface area (Å²) < 4.78 is 5.22. The van der Waals surface area contributed by atoms with Crippen molar-refractivity contribution >= 4 is 5.95 Å². The number of nitrogens with zero attached hydrogens (tertiary/aromatic N) is 3. The second kappa shape index (κ2) is 5.90. The summed E-state index contributed by atoms with van der Waals surface area (Å²) >= 11 is 0. The Bertz CT molecular complexity index is 598. The van der Waals surface area contributed by atoms with Crippen molar-refractivity contribution in [2.24, 2.45) is 0 Å². The number of aromatic nitrogens is 3. The molecule has 20 heavy (non-hydrogen) atoms. The van der Waals surface area contributed by atoms with Crippen molar-refractivity contribution in [3.05, 3.63) is 40.2 Å². The number of furan rings is 1. The van der Waals surface area contributed by atoms with Gasteiger partial charge in [0.15, 0.2) is 0 Å². The third-order valence-electron chi connectivity index (χ3n) is 3.58. The van der Waals surface area contributed by atoms with Crippen molar-refractivity contribution in [3.8, 4) is 0 Å². The standard InChI is InChI=1S/C14H18N4O2/c19-13-12(10-11-6-5-9-20-11)16-17-14(15-13)18-7-3-1-2-4-8-18/h5-6,9H,1-4,7-8,10H2,(H,15,17,19). The van der Waals surface area contributed by atoms with Crippen LogP contribution in [0.15, 0.2) is 27.6 Å². The van der Waals surface area contributed by atoms with E-state index in [0.29, 0.717) is 23.8 Å². The minimum Gasteiger partial charge on any atom is -0.469 e. The first-order chi connectivity index (χ1) is 9.83. The topological polar surface area (TPSA) is 75.0 Å². The van der Waals surface area contributed by atoms with Crippen LogP contribution in [0.5, 0.6) is 0 Å². The largest absolute Gasteiger partial charge is 0.469 e. The van der Waals surface area contributed by atoms with Gasteiger partial charge in [-0.2, -0.15) is 0 Å². The number of H-pyrrole nitrogens is 1. The Morgan fingerprint density at radius 2 is 2.00 bits per heavy atom. The molecule has 2 aromatic rings. The Hall–Kier alpha value is -2.11. The summed E-state index contributed by atoms with van der Waals surface area (Å²) in [5.41, 5.74) is 0.203. The Kier molecular flexibility index (Phi) is 3.80. The summed E-state index contributed by atoms with van der Waals surface area (Å²) in [4.78, 5) is 17.0. The maximum atomic E-state index is 12.1. The molecule has 0 atom stereocenters. The van der Waals surface area contributed by atoms with Gasteiger partial charge in [-0.25, -0.2) is 0 Å². The summed E-state index contributed by atoms with van der Waals surface area (Å²) in [6.07, 6.45) is 6.71. The van der Waals surface area contributed by atoms with Gasteiger partial charge >= 0.3 is 0 Å². The molecule has 0 unspecified atom stereocenters. The van der Waals surface area contributed by atoms with Crippen LogP contribution in [0, 0.1) is 0 Å². The lowest BCUT2D eigenvalue weighted by Crippen LogP contribution is -2.30. The van der Waals surface area contributed by atoms with Gasteiger partial charge in [0.2, 0.25) is 5.95 Å². The van der Waals surface area contributed by atoms with Gasteiger partial charge in [0.25, 0.3) is 5.56 Å². The van der Waals surface area contributed by atoms with Crippen LogP contribution < -0.4 is 10.5 Å². The summed E-state index contributed by atoms with van der Waals surface area (Å²) in [6.45, 7) is 1.87. The normalized spacial score (nSPS) is 16.1. The van der Waals surface area contributed by atoms with Gasteiger partial charge in [-0.1, -0.05) is 12.8 Å². The van der Waals surface area contributed by atoms with Gasteiger partial charge in [0.1, 0.15) is 11.5 Å². The molecule has 0 aromatic carbocycles. The predicted molar refractivity (Wildman–Crippen MR) is 74.8 cm³/mol. The molecule has 6 heteroatoms. The molecule has 0 amide bonds. The Morgan fingerprint density at radius 1 is 1.20 bits per heavy atom. The molecular weight excluding hydrogens is 256 g/mol. The third kappa shape index (κ3) is 2.89. The molecule has 3 heterocycles.